The Bertz CT molecular complexity index is 755. The third kappa shape index (κ3) is 6.37. The minimum atomic E-state index is -0.464. The first-order valence-electron chi connectivity index (χ1n) is 7.99. The standard InChI is InChI=1S/C19H20N2O5/c1-25-12-13-26-18-9-4-16(5-10-18)14-20-19(22)11-6-15-2-7-17(8-3-15)21(23)24/h2-11H,12-14H2,1H3,(H,20,22)/b11-6+. The summed E-state index contributed by atoms with van der Waals surface area (Å²) in [5.74, 6) is 0.499. The van der Waals surface area contributed by atoms with Crippen molar-refractivity contribution in [2.24, 2.45) is 0 Å². The van der Waals surface area contributed by atoms with Gasteiger partial charge in [0, 0.05) is 31.9 Å². The van der Waals surface area contributed by atoms with Gasteiger partial charge in [-0.1, -0.05) is 12.1 Å². The lowest BCUT2D eigenvalue weighted by atomic mass is 10.2. The van der Waals surface area contributed by atoms with Crippen molar-refractivity contribution >= 4 is 17.7 Å². The van der Waals surface area contributed by atoms with E-state index in [-0.39, 0.29) is 11.6 Å². The number of nitro benzene ring substituents is 1. The molecule has 7 nitrogen and oxygen atoms in total. The van der Waals surface area contributed by atoms with Crippen molar-refractivity contribution in [2.75, 3.05) is 20.3 Å². The number of rotatable bonds is 9. The quantitative estimate of drug-likeness (QED) is 0.323. The van der Waals surface area contributed by atoms with Gasteiger partial charge in [-0.3, -0.25) is 14.9 Å². The molecule has 2 rings (SSSR count). The molecule has 0 aliphatic carbocycles. The first-order valence-corrected chi connectivity index (χ1v) is 7.99. The van der Waals surface area contributed by atoms with Crippen molar-refractivity contribution in [3.8, 4) is 5.75 Å². The number of non-ortho nitro benzene ring substituents is 1. The van der Waals surface area contributed by atoms with E-state index in [1.807, 2.05) is 24.3 Å². The van der Waals surface area contributed by atoms with Crippen LogP contribution >= 0.6 is 0 Å². The molecule has 1 amide bonds. The van der Waals surface area contributed by atoms with E-state index in [1.54, 1.807) is 25.3 Å². The molecule has 136 valence electrons. The van der Waals surface area contributed by atoms with Gasteiger partial charge in [0.2, 0.25) is 5.91 Å². The van der Waals surface area contributed by atoms with E-state index in [0.717, 1.165) is 11.3 Å². The van der Waals surface area contributed by atoms with Crippen LogP contribution in [0.1, 0.15) is 11.1 Å². The Hall–Kier alpha value is -3.19. The lowest BCUT2D eigenvalue weighted by Crippen LogP contribution is -2.20. The van der Waals surface area contributed by atoms with Gasteiger partial charge in [0.1, 0.15) is 12.4 Å². The lowest BCUT2D eigenvalue weighted by Gasteiger charge is -2.07. The molecule has 26 heavy (non-hydrogen) atoms. The topological polar surface area (TPSA) is 90.7 Å². The fourth-order valence-electron chi connectivity index (χ4n) is 2.07. The molecule has 2 aromatic carbocycles. The van der Waals surface area contributed by atoms with Crippen molar-refractivity contribution in [3.05, 3.63) is 75.8 Å². The smallest absolute Gasteiger partial charge is 0.269 e. The summed E-state index contributed by atoms with van der Waals surface area (Å²) in [7, 11) is 1.62. The summed E-state index contributed by atoms with van der Waals surface area (Å²) in [5.41, 5.74) is 1.67. The van der Waals surface area contributed by atoms with Gasteiger partial charge in [0.05, 0.1) is 11.5 Å². The summed E-state index contributed by atoms with van der Waals surface area (Å²) in [6, 6.07) is 13.4. The largest absolute Gasteiger partial charge is 0.491 e. The van der Waals surface area contributed by atoms with E-state index in [1.165, 1.54) is 18.2 Å². The van der Waals surface area contributed by atoms with Crippen molar-refractivity contribution in [2.45, 2.75) is 6.54 Å². The molecule has 0 fully saturated rings. The number of nitrogens with zero attached hydrogens (tertiary/aromatic N) is 1. The summed E-state index contributed by atoms with van der Waals surface area (Å²) in [6.45, 7) is 1.40. The molecule has 0 aliphatic heterocycles. The lowest BCUT2D eigenvalue weighted by molar-refractivity contribution is -0.384. The van der Waals surface area contributed by atoms with Gasteiger partial charge in [-0.2, -0.15) is 0 Å². The van der Waals surface area contributed by atoms with Crippen LogP contribution in [0.25, 0.3) is 6.08 Å². The summed E-state index contributed by atoms with van der Waals surface area (Å²) in [6.07, 6.45) is 3.00. The fraction of sp³-hybridized carbons (Fsp3) is 0.211. The normalized spacial score (nSPS) is 10.7. The average molecular weight is 356 g/mol. The number of carbonyl (C=O) groups excluding carboxylic acids is 1. The van der Waals surface area contributed by atoms with Gasteiger partial charge >= 0.3 is 0 Å². The van der Waals surface area contributed by atoms with E-state index in [2.05, 4.69) is 5.32 Å². The zero-order chi connectivity index (χ0) is 18.8. The van der Waals surface area contributed by atoms with Crippen LogP contribution in [-0.2, 0) is 16.1 Å². The van der Waals surface area contributed by atoms with Gasteiger partial charge in [-0.15, -0.1) is 0 Å². The van der Waals surface area contributed by atoms with Crippen molar-refractivity contribution in [3.63, 3.8) is 0 Å². The third-order valence-electron chi connectivity index (χ3n) is 3.48. The molecule has 0 heterocycles. The van der Waals surface area contributed by atoms with Crippen LogP contribution in [0, 0.1) is 10.1 Å². The van der Waals surface area contributed by atoms with Crippen LogP contribution in [0.2, 0.25) is 0 Å². The van der Waals surface area contributed by atoms with E-state index < -0.39 is 4.92 Å². The highest BCUT2D eigenvalue weighted by Gasteiger charge is 2.03. The number of nitrogens with one attached hydrogen (secondary N) is 1. The summed E-state index contributed by atoms with van der Waals surface area (Å²) >= 11 is 0. The van der Waals surface area contributed by atoms with Crippen LogP contribution in [0.3, 0.4) is 0 Å². The molecule has 0 saturated heterocycles. The molecule has 0 aromatic heterocycles. The predicted octanol–water partition coefficient (Wildman–Crippen LogP) is 2.95. The van der Waals surface area contributed by atoms with E-state index >= 15 is 0 Å². The molecule has 0 spiro atoms. The Kier molecular flexibility index (Phi) is 7.32. The van der Waals surface area contributed by atoms with Gasteiger partial charge in [-0.05, 0) is 41.5 Å². The van der Waals surface area contributed by atoms with Crippen LogP contribution in [0.15, 0.2) is 54.6 Å². The number of carbonyl (C=O) groups is 1. The number of benzene rings is 2. The maximum absolute atomic E-state index is 11.9. The zero-order valence-electron chi connectivity index (χ0n) is 14.4. The van der Waals surface area contributed by atoms with Crippen LogP contribution in [0.5, 0.6) is 5.75 Å². The van der Waals surface area contributed by atoms with Gasteiger partial charge in [-0.25, -0.2) is 0 Å². The van der Waals surface area contributed by atoms with Crippen molar-refractivity contribution < 1.29 is 19.2 Å². The first kappa shape index (κ1) is 19.1. The summed E-state index contributed by atoms with van der Waals surface area (Å²) in [4.78, 5) is 22.0. The maximum atomic E-state index is 11.9. The molecule has 0 aliphatic rings. The Morgan fingerprint density at radius 3 is 2.42 bits per heavy atom. The molecule has 0 radical (unpaired) electrons. The molecule has 0 bridgehead atoms. The maximum Gasteiger partial charge on any atom is 0.269 e. The Morgan fingerprint density at radius 2 is 1.81 bits per heavy atom. The first-order chi connectivity index (χ1) is 12.6. The second-order valence-electron chi connectivity index (χ2n) is 5.38. The van der Waals surface area contributed by atoms with Gasteiger partial charge < -0.3 is 14.8 Å². The van der Waals surface area contributed by atoms with E-state index in [0.29, 0.717) is 25.3 Å². The highest BCUT2D eigenvalue weighted by atomic mass is 16.6. The molecular weight excluding hydrogens is 336 g/mol. The summed E-state index contributed by atoms with van der Waals surface area (Å²) in [5, 5.41) is 13.4. The molecule has 7 heteroatoms. The minimum Gasteiger partial charge on any atom is -0.491 e. The minimum absolute atomic E-state index is 0.0150. The second kappa shape index (κ2) is 9.95. The molecule has 0 saturated carbocycles. The van der Waals surface area contributed by atoms with Crippen LogP contribution in [-0.4, -0.2) is 31.2 Å². The highest BCUT2D eigenvalue weighted by Crippen LogP contribution is 2.13. The van der Waals surface area contributed by atoms with Crippen LogP contribution in [0.4, 0.5) is 5.69 Å². The molecule has 2 aromatic rings. The fourth-order valence-corrected chi connectivity index (χ4v) is 2.07. The third-order valence-corrected chi connectivity index (χ3v) is 3.48. The van der Waals surface area contributed by atoms with Gasteiger partial charge in [0.15, 0.2) is 0 Å². The van der Waals surface area contributed by atoms with E-state index in [4.69, 9.17) is 9.47 Å². The summed E-state index contributed by atoms with van der Waals surface area (Å²) < 4.78 is 10.4. The van der Waals surface area contributed by atoms with Crippen molar-refractivity contribution in [1.29, 1.82) is 0 Å². The molecular formula is C19H20N2O5. The number of hydrogen-bond acceptors (Lipinski definition) is 5. The number of ether oxygens (including phenoxy) is 2. The number of amides is 1. The second-order valence-corrected chi connectivity index (χ2v) is 5.38. The molecule has 0 unspecified atom stereocenters. The van der Waals surface area contributed by atoms with Crippen molar-refractivity contribution in [1.82, 2.24) is 5.32 Å². The Labute approximate surface area is 151 Å². The monoisotopic (exact) mass is 356 g/mol. The predicted molar refractivity (Wildman–Crippen MR) is 97.8 cm³/mol. The SMILES string of the molecule is COCCOc1ccc(CNC(=O)/C=C/c2ccc([N+](=O)[O-])cc2)cc1. The highest BCUT2D eigenvalue weighted by molar-refractivity contribution is 5.91. The molecule has 0 atom stereocenters. The van der Waals surface area contributed by atoms with Crippen LogP contribution < -0.4 is 10.1 Å². The molecule has 1 N–H and O–H groups in total. The Morgan fingerprint density at radius 1 is 1.12 bits per heavy atom. The number of hydrogen-bond donors (Lipinski definition) is 1. The van der Waals surface area contributed by atoms with Gasteiger partial charge in [0.25, 0.3) is 5.69 Å². The number of nitro groups is 1. The average Bonchev–Trinajstić information content (AvgIpc) is 2.66. The number of methoxy groups -OCH3 is 1. The zero-order valence-corrected chi connectivity index (χ0v) is 14.4. The van der Waals surface area contributed by atoms with E-state index in [9.17, 15) is 14.9 Å². The Balaban J connectivity index is 1.79.